The monoisotopic (exact) mass is 285 g/mol. The largest absolute Gasteiger partial charge is 0.264 e. The molecule has 0 aliphatic heterocycles. The first-order chi connectivity index (χ1) is 10.1. The second kappa shape index (κ2) is 5.72. The van der Waals surface area contributed by atoms with E-state index in [0.29, 0.717) is 0 Å². The maximum absolute atomic E-state index is 4.98. The lowest BCUT2D eigenvalue weighted by atomic mass is 9.38. The Morgan fingerprint density at radius 2 is 1.41 bits per heavy atom. The first-order valence-corrected chi connectivity index (χ1v) is 8.11. The van der Waals surface area contributed by atoms with Crippen LogP contribution in [0.1, 0.15) is 26.3 Å². The molecule has 0 saturated carbocycles. The van der Waals surface area contributed by atoms with Gasteiger partial charge in [-0.05, 0) is 16.6 Å². The van der Waals surface area contributed by atoms with Gasteiger partial charge < -0.3 is 0 Å². The molecule has 1 heterocycles. The summed E-state index contributed by atoms with van der Waals surface area (Å²) in [6.07, 6.45) is 0. The number of nitrogens with zero attached hydrogens (tertiary/aromatic N) is 1. The highest BCUT2D eigenvalue weighted by Gasteiger charge is 2.37. The molecular formula is C16H24B5N. The van der Waals surface area contributed by atoms with Crippen molar-refractivity contribution in [1.29, 1.82) is 0 Å². The highest BCUT2D eigenvalue weighted by molar-refractivity contribution is 6.55. The van der Waals surface area contributed by atoms with Crippen molar-refractivity contribution in [3.8, 4) is 11.3 Å². The molecule has 0 unspecified atom stereocenters. The maximum Gasteiger partial charge on any atom is 0.164 e. The third kappa shape index (κ3) is 2.80. The summed E-state index contributed by atoms with van der Waals surface area (Å²) in [5.74, 6) is 0. The lowest BCUT2D eigenvalue weighted by Crippen LogP contribution is -2.52. The molecule has 22 heavy (non-hydrogen) atoms. The van der Waals surface area contributed by atoms with Crippen molar-refractivity contribution < 1.29 is 0 Å². The number of hydrogen-bond donors (Lipinski definition) is 0. The van der Waals surface area contributed by atoms with E-state index in [1.165, 1.54) is 22.1 Å². The molecule has 0 aliphatic rings. The predicted molar refractivity (Wildman–Crippen MR) is 112 cm³/mol. The van der Waals surface area contributed by atoms with Crippen molar-refractivity contribution in [2.75, 3.05) is 0 Å². The lowest BCUT2D eigenvalue weighted by Gasteiger charge is -2.42. The van der Waals surface area contributed by atoms with Crippen molar-refractivity contribution in [3.05, 3.63) is 35.9 Å². The molecule has 0 spiro atoms. The Labute approximate surface area is 139 Å². The van der Waals surface area contributed by atoms with Gasteiger partial charge in [0, 0.05) is 0 Å². The minimum absolute atomic E-state index is 0.0775. The third-order valence-electron chi connectivity index (χ3n) is 5.48. The lowest BCUT2D eigenvalue weighted by molar-refractivity contribution is 0.360. The predicted octanol–water partition coefficient (Wildman–Crippen LogP) is -3.01. The molecule has 0 atom stereocenters. The van der Waals surface area contributed by atoms with Gasteiger partial charge in [-0.15, -0.1) is 0 Å². The Morgan fingerprint density at radius 3 is 1.91 bits per heavy atom. The number of aromatic nitrogens is 1. The molecule has 2 aromatic rings. The van der Waals surface area contributed by atoms with Crippen LogP contribution in [-0.2, 0) is 5.21 Å². The number of hydrogen-bond acceptors (Lipinski definition) is 1. The Balaban J connectivity index is 2.70. The fourth-order valence-electron chi connectivity index (χ4n) is 3.12. The molecule has 6 heteroatoms. The minimum Gasteiger partial charge on any atom is -0.264 e. The van der Waals surface area contributed by atoms with Crippen molar-refractivity contribution in [2.45, 2.75) is 26.0 Å². The van der Waals surface area contributed by atoms with Crippen LogP contribution in [0.15, 0.2) is 30.3 Å². The molecule has 0 aliphatic carbocycles. The minimum atomic E-state index is 0.0775. The van der Waals surface area contributed by atoms with Gasteiger partial charge in [-0.1, -0.05) is 72.8 Å². The molecule has 0 N–H and O–H groups in total. The van der Waals surface area contributed by atoms with E-state index in [4.69, 9.17) is 4.98 Å². The van der Waals surface area contributed by atoms with Gasteiger partial charge in [0.25, 0.3) is 0 Å². The first kappa shape index (κ1) is 17.1. The Morgan fingerprint density at radius 1 is 0.864 bits per heavy atom. The van der Waals surface area contributed by atoms with Crippen LogP contribution in [0.4, 0.5) is 0 Å². The second-order valence-electron chi connectivity index (χ2n) is 7.91. The van der Waals surface area contributed by atoms with Gasteiger partial charge in [-0.2, -0.15) is 0 Å². The average Bonchev–Trinajstić information content (AvgIpc) is 2.42. The molecule has 2 rings (SSSR count). The van der Waals surface area contributed by atoms with Gasteiger partial charge in [-0.25, -0.2) is 0 Å². The van der Waals surface area contributed by atoms with E-state index < -0.39 is 0 Å². The summed E-state index contributed by atoms with van der Waals surface area (Å²) in [5, 5.41) is 0.0775. The van der Waals surface area contributed by atoms with Crippen LogP contribution in [0.5, 0.6) is 0 Å². The van der Waals surface area contributed by atoms with Gasteiger partial charge in [0.05, 0.1) is 5.69 Å². The van der Waals surface area contributed by atoms with Gasteiger partial charge >= 0.3 is 0 Å². The summed E-state index contributed by atoms with van der Waals surface area (Å²) < 4.78 is 0. The van der Waals surface area contributed by atoms with E-state index in [2.05, 4.69) is 90.3 Å². The second-order valence-corrected chi connectivity index (χ2v) is 7.91. The van der Waals surface area contributed by atoms with Gasteiger partial charge in [0.15, 0.2) is 7.85 Å². The zero-order valence-electron chi connectivity index (χ0n) is 15.3. The molecule has 108 valence electrons. The van der Waals surface area contributed by atoms with Crippen LogP contribution < -0.4 is 16.5 Å². The van der Waals surface area contributed by atoms with E-state index in [0.717, 1.165) is 11.3 Å². The number of benzene rings is 1. The molecule has 1 nitrogen and oxygen atoms in total. The topological polar surface area (TPSA) is 12.9 Å². The first-order valence-electron chi connectivity index (χ1n) is 8.11. The van der Waals surface area contributed by atoms with Crippen LogP contribution in [-0.4, -0.2) is 44.2 Å². The standard InChI is InChI=1S/C16H24B5N/c1-15(2,3)16(20,21)10-11(17)12(18)13(22-14(10)19)9-7-5-4-6-8-9/h4-8H,17-21H2,1-3H3. The normalized spacial score (nSPS) is 12.3. The Hall–Kier alpha value is -1.31. The van der Waals surface area contributed by atoms with Crippen LogP contribution in [0.2, 0.25) is 0 Å². The maximum atomic E-state index is 4.98. The fraction of sp³-hybridized carbons (Fsp3) is 0.312. The smallest absolute Gasteiger partial charge is 0.164 e. The third-order valence-corrected chi connectivity index (χ3v) is 5.48. The number of rotatable bonds is 2. The molecule has 0 radical (unpaired) electrons. The highest BCUT2D eigenvalue weighted by atomic mass is 14.7. The molecule has 0 amide bonds. The summed E-state index contributed by atoms with van der Waals surface area (Å²) in [6, 6.07) is 10.5. The fourth-order valence-corrected chi connectivity index (χ4v) is 3.12. The molecule has 0 bridgehead atoms. The zero-order chi connectivity index (χ0) is 16.7. The summed E-state index contributed by atoms with van der Waals surface area (Å²) in [4.78, 5) is 4.98. The van der Waals surface area contributed by atoms with Crippen molar-refractivity contribution >= 4 is 55.8 Å². The summed E-state index contributed by atoms with van der Waals surface area (Å²) >= 11 is 0. The van der Waals surface area contributed by atoms with Crippen LogP contribution >= 0.6 is 0 Å². The van der Waals surface area contributed by atoms with Crippen LogP contribution in [0.3, 0.4) is 0 Å². The van der Waals surface area contributed by atoms with E-state index in [1.807, 2.05) is 0 Å². The van der Waals surface area contributed by atoms with E-state index in [1.54, 1.807) is 0 Å². The van der Waals surface area contributed by atoms with Crippen LogP contribution in [0.25, 0.3) is 11.3 Å². The zero-order valence-corrected chi connectivity index (χ0v) is 15.3. The molecule has 0 fully saturated rings. The summed E-state index contributed by atoms with van der Waals surface area (Å²) in [6.45, 7) is 6.94. The van der Waals surface area contributed by atoms with E-state index in [-0.39, 0.29) is 10.6 Å². The van der Waals surface area contributed by atoms with E-state index in [9.17, 15) is 0 Å². The van der Waals surface area contributed by atoms with Gasteiger partial charge in [-0.3, -0.25) is 4.98 Å². The highest BCUT2D eigenvalue weighted by Crippen LogP contribution is 2.34. The quantitative estimate of drug-likeness (QED) is 0.536. The molecule has 1 aromatic carbocycles. The van der Waals surface area contributed by atoms with Crippen molar-refractivity contribution in [3.63, 3.8) is 0 Å². The molecule has 0 saturated heterocycles. The Bertz CT molecular complexity index is 690. The van der Waals surface area contributed by atoms with Crippen molar-refractivity contribution in [1.82, 2.24) is 4.98 Å². The number of pyridine rings is 1. The summed E-state index contributed by atoms with van der Waals surface area (Å²) in [5.41, 5.74) is 7.73. The SMILES string of the molecule is Bc1nc(-c2ccccc2)c(B)c(B)c1C(B)(B)C(C)(C)C. The molecular weight excluding hydrogens is 260 g/mol. The van der Waals surface area contributed by atoms with E-state index >= 15 is 0 Å². The molecule has 1 aromatic heterocycles. The van der Waals surface area contributed by atoms with Gasteiger partial charge in [0.2, 0.25) is 0 Å². The van der Waals surface area contributed by atoms with Crippen LogP contribution in [0, 0.1) is 5.41 Å². The average molecular weight is 284 g/mol. The summed E-state index contributed by atoms with van der Waals surface area (Å²) in [7, 11) is 11.3. The van der Waals surface area contributed by atoms with Crippen molar-refractivity contribution in [2.24, 2.45) is 5.41 Å². The Kier molecular flexibility index (Phi) is 4.43. The van der Waals surface area contributed by atoms with Gasteiger partial charge in [0.1, 0.15) is 31.4 Å².